The Morgan fingerprint density at radius 2 is 2.19 bits per heavy atom. The Bertz CT molecular complexity index is 487. The van der Waals surface area contributed by atoms with Crippen molar-refractivity contribution < 1.29 is 4.79 Å². The highest BCUT2D eigenvalue weighted by atomic mass is 16.1. The first-order valence-electron chi connectivity index (χ1n) is 5.52. The number of rotatable bonds is 5. The molecular formula is C13H16N2O. The summed E-state index contributed by atoms with van der Waals surface area (Å²) in [6.45, 7) is 3.17. The van der Waals surface area contributed by atoms with Crippen LogP contribution in [-0.4, -0.2) is 17.3 Å². The average molecular weight is 216 g/mol. The van der Waals surface area contributed by atoms with Crippen LogP contribution in [0.25, 0.3) is 10.9 Å². The average Bonchev–Trinajstić information content (AvgIpc) is 2.68. The number of nitrogens with one attached hydrogen (secondary N) is 2. The van der Waals surface area contributed by atoms with Gasteiger partial charge in [-0.1, -0.05) is 18.2 Å². The van der Waals surface area contributed by atoms with Crippen LogP contribution < -0.4 is 5.32 Å². The molecule has 2 N–H and O–H groups in total. The Hall–Kier alpha value is -1.61. The van der Waals surface area contributed by atoms with Crippen molar-refractivity contribution in [1.82, 2.24) is 10.3 Å². The van der Waals surface area contributed by atoms with Crippen molar-refractivity contribution in [3.8, 4) is 0 Å². The smallest absolute Gasteiger partial charge is 0.131 e. The van der Waals surface area contributed by atoms with E-state index in [0.29, 0.717) is 6.42 Å². The van der Waals surface area contributed by atoms with Gasteiger partial charge in [-0.2, -0.15) is 0 Å². The van der Waals surface area contributed by atoms with Crippen LogP contribution in [0.5, 0.6) is 0 Å². The van der Waals surface area contributed by atoms with Gasteiger partial charge in [0.05, 0.1) is 0 Å². The Kier molecular flexibility index (Phi) is 3.37. The van der Waals surface area contributed by atoms with E-state index in [-0.39, 0.29) is 5.78 Å². The van der Waals surface area contributed by atoms with E-state index in [1.165, 1.54) is 10.9 Å². The molecule has 0 aliphatic carbocycles. The summed E-state index contributed by atoms with van der Waals surface area (Å²) in [5, 5.41) is 4.52. The van der Waals surface area contributed by atoms with E-state index in [9.17, 15) is 4.79 Å². The van der Waals surface area contributed by atoms with Crippen LogP contribution >= 0.6 is 0 Å². The first-order chi connectivity index (χ1) is 7.77. The second-order valence-corrected chi connectivity index (χ2v) is 3.99. The van der Waals surface area contributed by atoms with Crippen LogP contribution in [-0.2, 0) is 11.3 Å². The van der Waals surface area contributed by atoms with Crippen molar-refractivity contribution in [2.45, 2.75) is 19.9 Å². The van der Waals surface area contributed by atoms with Gasteiger partial charge >= 0.3 is 0 Å². The predicted octanol–water partition coefficient (Wildman–Crippen LogP) is 2.24. The summed E-state index contributed by atoms with van der Waals surface area (Å²) in [7, 11) is 0. The highest BCUT2D eigenvalue weighted by Crippen LogP contribution is 2.16. The molecule has 1 aromatic heterocycles. The largest absolute Gasteiger partial charge is 0.361 e. The van der Waals surface area contributed by atoms with Gasteiger partial charge in [-0.05, 0) is 18.6 Å². The maximum absolute atomic E-state index is 10.8. The topological polar surface area (TPSA) is 44.9 Å². The summed E-state index contributed by atoms with van der Waals surface area (Å²) in [6.07, 6.45) is 2.62. The minimum absolute atomic E-state index is 0.228. The molecule has 3 nitrogen and oxygen atoms in total. The van der Waals surface area contributed by atoms with Crippen LogP contribution in [0.15, 0.2) is 30.5 Å². The number of Topliss-reactive ketones (excluding diaryl/α,β-unsaturated/α-hetero) is 1. The van der Waals surface area contributed by atoms with Gasteiger partial charge in [0.25, 0.3) is 0 Å². The molecule has 0 spiro atoms. The van der Waals surface area contributed by atoms with Crippen molar-refractivity contribution in [3.05, 3.63) is 36.0 Å². The molecule has 84 valence electrons. The number of aromatic amines is 1. The van der Waals surface area contributed by atoms with Gasteiger partial charge in [-0.15, -0.1) is 0 Å². The van der Waals surface area contributed by atoms with E-state index >= 15 is 0 Å². The quantitative estimate of drug-likeness (QED) is 0.753. The molecule has 3 heteroatoms. The molecule has 2 aromatic rings. The summed E-state index contributed by atoms with van der Waals surface area (Å²) in [5.41, 5.74) is 2.41. The maximum atomic E-state index is 10.8. The lowest BCUT2D eigenvalue weighted by molar-refractivity contribution is -0.116. The standard InChI is InChI=1S/C13H16N2O/c1-10(16)6-7-14-8-11-9-15-13-5-3-2-4-12(11)13/h2-5,9,14-15H,6-8H2,1H3. The number of hydrogen-bond donors (Lipinski definition) is 2. The lowest BCUT2D eigenvalue weighted by Gasteiger charge is -2.01. The summed E-state index contributed by atoms with van der Waals surface area (Å²) in [4.78, 5) is 14.0. The van der Waals surface area contributed by atoms with Crippen LogP contribution in [0.3, 0.4) is 0 Å². The summed E-state index contributed by atoms with van der Waals surface area (Å²) < 4.78 is 0. The molecule has 0 radical (unpaired) electrons. The molecule has 0 amide bonds. The van der Waals surface area contributed by atoms with E-state index in [4.69, 9.17) is 0 Å². The molecule has 1 aromatic carbocycles. The van der Waals surface area contributed by atoms with E-state index < -0.39 is 0 Å². The monoisotopic (exact) mass is 216 g/mol. The SMILES string of the molecule is CC(=O)CCNCc1c[nH]c2ccccc12. The summed E-state index contributed by atoms with van der Waals surface area (Å²) in [6, 6.07) is 8.23. The Balaban J connectivity index is 1.97. The van der Waals surface area contributed by atoms with Gasteiger partial charge in [0.2, 0.25) is 0 Å². The van der Waals surface area contributed by atoms with Crippen LogP contribution in [0.1, 0.15) is 18.9 Å². The van der Waals surface area contributed by atoms with E-state index in [2.05, 4.69) is 22.4 Å². The van der Waals surface area contributed by atoms with Crippen molar-refractivity contribution in [3.63, 3.8) is 0 Å². The Morgan fingerprint density at radius 3 is 3.00 bits per heavy atom. The number of para-hydroxylation sites is 1. The van der Waals surface area contributed by atoms with Crippen molar-refractivity contribution in [2.24, 2.45) is 0 Å². The number of benzene rings is 1. The molecule has 0 unspecified atom stereocenters. The maximum Gasteiger partial charge on any atom is 0.131 e. The Labute approximate surface area is 94.9 Å². The molecule has 1 heterocycles. The lowest BCUT2D eigenvalue weighted by Crippen LogP contribution is -2.16. The van der Waals surface area contributed by atoms with Gasteiger partial charge in [-0.25, -0.2) is 0 Å². The van der Waals surface area contributed by atoms with Gasteiger partial charge < -0.3 is 10.3 Å². The van der Waals surface area contributed by atoms with E-state index in [1.54, 1.807) is 6.92 Å². The predicted molar refractivity (Wildman–Crippen MR) is 65.3 cm³/mol. The second-order valence-electron chi connectivity index (χ2n) is 3.99. The second kappa shape index (κ2) is 4.94. The number of H-pyrrole nitrogens is 1. The number of aromatic nitrogens is 1. The molecule has 0 saturated heterocycles. The van der Waals surface area contributed by atoms with Gasteiger partial charge in [0.15, 0.2) is 0 Å². The zero-order valence-corrected chi connectivity index (χ0v) is 9.42. The molecule has 0 aliphatic rings. The van der Waals surface area contributed by atoms with Gasteiger partial charge in [0, 0.05) is 36.6 Å². The fourth-order valence-corrected chi connectivity index (χ4v) is 1.77. The van der Waals surface area contributed by atoms with Crippen molar-refractivity contribution >= 4 is 16.7 Å². The van der Waals surface area contributed by atoms with Crippen LogP contribution in [0.4, 0.5) is 0 Å². The van der Waals surface area contributed by atoms with E-state index in [1.807, 2.05) is 18.3 Å². The van der Waals surface area contributed by atoms with E-state index in [0.717, 1.165) is 18.6 Å². The van der Waals surface area contributed by atoms with Gasteiger partial charge in [-0.3, -0.25) is 4.79 Å². The fourth-order valence-electron chi connectivity index (χ4n) is 1.77. The third-order valence-electron chi connectivity index (χ3n) is 2.64. The minimum atomic E-state index is 0.228. The number of carbonyl (C=O) groups is 1. The van der Waals surface area contributed by atoms with Crippen LogP contribution in [0.2, 0.25) is 0 Å². The highest BCUT2D eigenvalue weighted by molar-refractivity contribution is 5.83. The molecule has 0 fully saturated rings. The van der Waals surface area contributed by atoms with Crippen LogP contribution in [0, 0.1) is 0 Å². The molecule has 0 aliphatic heterocycles. The summed E-state index contributed by atoms with van der Waals surface area (Å²) >= 11 is 0. The molecule has 0 atom stereocenters. The van der Waals surface area contributed by atoms with Gasteiger partial charge in [0.1, 0.15) is 5.78 Å². The molecule has 0 bridgehead atoms. The molecular weight excluding hydrogens is 200 g/mol. The number of ketones is 1. The molecule has 2 rings (SSSR count). The highest BCUT2D eigenvalue weighted by Gasteiger charge is 2.01. The fraction of sp³-hybridized carbons (Fsp3) is 0.308. The zero-order chi connectivity index (χ0) is 11.4. The Morgan fingerprint density at radius 1 is 1.38 bits per heavy atom. The molecule has 16 heavy (non-hydrogen) atoms. The number of carbonyl (C=O) groups excluding carboxylic acids is 1. The number of fused-ring (bicyclic) bond motifs is 1. The zero-order valence-electron chi connectivity index (χ0n) is 9.42. The first kappa shape index (κ1) is 10.9. The number of hydrogen-bond acceptors (Lipinski definition) is 2. The lowest BCUT2D eigenvalue weighted by atomic mass is 10.2. The first-order valence-corrected chi connectivity index (χ1v) is 5.52. The minimum Gasteiger partial charge on any atom is -0.361 e. The third-order valence-corrected chi connectivity index (χ3v) is 2.64. The third kappa shape index (κ3) is 2.49. The normalized spacial score (nSPS) is 10.8. The van der Waals surface area contributed by atoms with Crippen molar-refractivity contribution in [1.29, 1.82) is 0 Å². The van der Waals surface area contributed by atoms with Crippen molar-refractivity contribution in [2.75, 3.05) is 6.54 Å². The molecule has 0 saturated carbocycles. The summed E-state index contributed by atoms with van der Waals surface area (Å²) in [5.74, 6) is 0.228.